The molecular formula is C16H19N3O2S. The number of likely N-dealkylation sites (tertiary alicyclic amines) is 1. The summed E-state index contributed by atoms with van der Waals surface area (Å²) in [5.41, 5.74) is 0.604. The number of rotatable bonds is 3. The largest absolute Gasteiger partial charge is 0.480 e. The molecular weight excluding hydrogens is 298 g/mol. The van der Waals surface area contributed by atoms with Crippen LogP contribution in [0.3, 0.4) is 0 Å². The van der Waals surface area contributed by atoms with Gasteiger partial charge in [-0.05, 0) is 25.0 Å². The van der Waals surface area contributed by atoms with Gasteiger partial charge in [-0.3, -0.25) is 4.79 Å². The molecule has 5 nitrogen and oxygen atoms in total. The number of hydrogen-bond donors (Lipinski definition) is 0. The van der Waals surface area contributed by atoms with Crippen LogP contribution in [0.4, 0.5) is 0 Å². The Morgan fingerprint density at radius 3 is 2.73 bits per heavy atom. The number of carbonyl (C=O) groups is 1. The molecule has 0 spiro atoms. The summed E-state index contributed by atoms with van der Waals surface area (Å²) in [5, 5.41) is 3.18. The number of thiazole rings is 1. The Hall–Kier alpha value is -1.95. The molecule has 22 heavy (non-hydrogen) atoms. The maximum Gasteiger partial charge on any atom is 0.259 e. The highest BCUT2D eigenvalue weighted by atomic mass is 32.1. The van der Waals surface area contributed by atoms with E-state index in [1.54, 1.807) is 29.7 Å². The molecule has 0 bridgehead atoms. The van der Waals surface area contributed by atoms with Gasteiger partial charge in [0, 0.05) is 36.3 Å². The summed E-state index contributed by atoms with van der Waals surface area (Å²) < 4.78 is 5.19. The van der Waals surface area contributed by atoms with Gasteiger partial charge in [0.05, 0.1) is 12.1 Å². The maximum atomic E-state index is 12.7. The first-order chi connectivity index (χ1) is 10.6. The monoisotopic (exact) mass is 317 g/mol. The first-order valence-corrected chi connectivity index (χ1v) is 8.20. The molecule has 1 fully saturated rings. The third-order valence-electron chi connectivity index (χ3n) is 4.30. The topological polar surface area (TPSA) is 55.3 Å². The Morgan fingerprint density at radius 2 is 2.09 bits per heavy atom. The molecule has 1 saturated heterocycles. The second kappa shape index (κ2) is 6.04. The fourth-order valence-corrected chi connectivity index (χ4v) is 3.69. The van der Waals surface area contributed by atoms with E-state index in [0.717, 1.165) is 25.9 Å². The lowest BCUT2D eigenvalue weighted by atomic mass is 9.81. The Balaban J connectivity index is 1.72. The van der Waals surface area contributed by atoms with Crippen molar-refractivity contribution in [2.75, 3.05) is 20.2 Å². The smallest absolute Gasteiger partial charge is 0.259 e. The summed E-state index contributed by atoms with van der Waals surface area (Å²) in [6, 6.07) is 3.53. The minimum atomic E-state index is -0.00820. The van der Waals surface area contributed by atoms with Gasteiger partial charge in [-0.1, -0.05) is 6.92 Å². The molecule has 0 radical (unpaired) electrons. The highest BCUT2D eigenvalue weighted by Gasteiger charge is 2.35. The van der Waals surface area contributed by atoms with Crippen LogP contribution in [-0.4, -0.2) is 41.0 Å². The summed E-state index contributed by atoms with van der Waals surface area (Å²) in [4.78, 5) is 23.1. The number of amides is 1. The molecule has 0 aliphatic carbocycles. The molecule has 1 amide bonds. The summed E-state index contributed by atoms with van der Waals surface area (Å²) >= 11 is 1.70. The third-order valence-corrected chi connectivity index (χ3v) is 5.38. The van der Waals surface area contributed by atoms with Crippen molar-refractivity contribution in [3.8, 4) is 5.88 Å². The lowest BCUT2D eigenvalue weighted by Crippen LogP contribution is -2.44. The van der Waals surface area contributed by atoms with E-state index in [-0.39, 0.29) is 11.3 Å². The molecule has 2 aromatic heterocycles. The average molecular weight is 317 g/mol. The molecule has 3 heterocycles. The first kappa shape index (κ1) is 15.0. The molecule has 1 aliphatic heterocycles. The molecule has 0 atom stereocenters. The highest BCUT2D eigenvalue weighted by Crippen LogP contribution is 2.36. The second-order valence-electron chi connectivity index (χ2n) is 5.75. The molecule has 0 N–H and O–H groups in total. The van der Waals surface area contributed by atoms with Crippen LogP contribution in [0.1, 0.15) is 35.1 Å². The summed E-state index contributed by atoms with van der Waals surface area (Å²) in [6.07, 6.45) is 5.33. The average Bonchev–Trinajstić information content (AvgIpc) is 3.10. The number of methoxy groups -OCH3 is 1. The van der Waals surface area contributed by atoms with E-state index >= 15 is 0 Å². The van der Waals surface area contributed by atoms with Crippen molar-refractivity contribution in [1.82, 2.24) is 14.9 Å². The molecule has 116 valence electrons. The predicted molar refractivity (Wildman–Crippen MR) is 85.4 cm³/mol. The number of nitrogens with zero attached hydrogens (tertiary/aromatic N) is 3. The van der Waals surface area contributed by atoms with E-state index in [9.17, 15) is 4.79 Å². The Labute approximate surface area is 134 Å². The van der Waals surface area contributed by atoms with Gasteiger partial charge in [-0.25, -0.2) is 9.97 Å². The molecule has 2 aromatic rings. The minimum Gasteiger partial charge on any atom is -0.480 e. The van der Waals surface area contributed by atoms with Gasteiger partial charge < -0.3 is 9.64 Å². The number of hydrogen-bond acceptors (Lipinski definition) is 5. The molecule has 1 aliphatic rings. The van der Waals surface area contributed by atoms with E-state index in [1.165, 1.54) is 12.1 Å². The lowest BCUT2D eigenvalue weighted by molar-refractivity contribution is 0.0671. The standard InChI is InChI=1S/C16H19N3O2S/c1-16(15-18-8-11-22-15)5-9-19(10-6-16)14(20)12-4-3-7-17-13(12)21-2/h3-4,7-8,11H,5-6,9-10H2,1-2H3. The fourth-order valence-electron chi connectivity index (χ4n) is 2.83. The van der Waals surface area contributed by atoms with Crippen molar-refractivity contribution in [3.05, 3.63) is 40.5 Å². The first-order valence-electron chi connectivity index (χ1n) is 7.32. The number of ether oxygens (including phenoxy) is 1. The number of aromatic nitrogens is 2. The van der Waals surface area contributed by atoms with Crippen molar-refractivity contribution in [2.24, 2.45) is 0 Å². The van der Waals surface area contributed by atoms with Gasteiger partial charge in [0.15, 0.2) is 0 Å². The predicted octanol–water partition coefficient (Wildman–Crippen LogP) is 2.74. The zero-order chi connectivity index (χ0) is 15.6. The minimum absolute atomic E-state index is 0.00820. The number of carbonyl (C=O) groups excluding carboxylic acids is 1. The van der Waals surface area contributed by atoms with Crippen LogP contribution < -0.4 is 4.74 Å². The van der Waals surface area contributed by atoms with Crippen LogP contribution in [-0.2, 0) is 5.41 Å². The summed E-state index contributed by atoms with van der Waals surface area (Å²) in [7, 11) is 1.54. The molecule has 3 rings (SSSR count). The van der Waals surface area contributed by atoms with Crippen LogP contribution in [0.25, 0.3) is 0 Å². The SMILES string of the molecule is COc1ncccc1C(=O)N1CCC(C)(c2nccs2)CC1. The fraction of sp³-hybridized carbons (Fsp3) is 0.438. The van der Waals surface area contributed by atoms with Crippen LogP contribution in [0, 0.1) is 0 Å². The van der Waals surface area contributed by atoms with E-state index in [0.29, 0.717) is 11.4 Å². The van der Waals surface area contributed by atoms with Crippen LogP contribution >= 0.6 is 11.3 Å². The van der Waals surface area contributed by atoms with Crippen molar-refractivity contribution in [1.29, 1.82) is 0 Å². The number of pyridine rings is 1. The zero-order valence-corrected chi connectivity index (χ0v) is 13.6. The Bertz CT molecular complexity index is 649. The Kier molecular flexibility index (Phi) is 4.11. The molecule has 0 saturated carbocycles. The van der Waals surface area contributed by atoms with Crippen molar-refractivity contribution in [2.45, 2.75) is 25.2 Å². The van der Waals surface area contributed by atoms with Crippen LogP contribution in [0.2, 0.25) is 0 Å². The van der Waals surface area contributed by atoms with E-state index in [1.807, 2.05) is 16.5 Å². The van der Waals surface area contributed by atoms with Crippen LogP contribution in [0.15, 0.2) is 29.9 Å². The van der Waals surface area contributed by atoms with Crippen molar-refractivity contribution < 1.29 is 9.53 Å². The van der Waals surface area contributed by atoms with Crippen molar-refractivity contribution in [3.63, 3.8) is 0 Å². The van der Waals surface area contributed by atoms with Gasteiger partial charge in [0.2, 0.25) is 5.88 Å². The van der Waals surface area contributed by atoms with Gasteiger partial charge in [0.25, 0.3) is 5.91 Å². The maximum absolute atomic E-state index is 12.7. The van der Waals surface area contributed by atoms with Crippen molar-refractivity contribution >= 4 is 17.2 Å². The van der Waals surface area contributed by atoms with Gasteiger partial charge in [0.1, 0.15) is 5.56 Å². The molecule has 0 aromatic carbocycles. The van der Waals surface area contributed by atoms with Gasteiger partial charge in [-0.15, -0.1) is 11.3 Å². The second-order valence-corrected chi connectivity index (χ2v) is 6.64. The quantitative estimate of drug-likeness (QED) is 0.873. The number of piperidine rings is 1. The molecule has 6 heteroatoms. The molecule has 0 unspecified atom stereocenters. The summed E-state index contributed by atoms with van der Waals surface area (Å²) in [5.74, 6) is 0.381. The normalized spacial score (nSPS) is 17.3. The zero-order valence-electron chi connectivity index (χ0n) is 12.8. The highest BCUT2D eigenvalue weighted by molar-refractivity contribution is 7.09. The van der Waals surface area contributed by atoms with E-state index in [2.05, 4.69) is 16.9 Å². The van der Waals surface area contributed by atoms with E-state index < -0.39 is 0 Å². The Morgan fingerprint density at radius 1 is 1.32 bits per heavy atom. The summed E-state index contributed by atoms with van der Waals surface area (Å²) in [6.45, 7) is 3.69. The van der Waals surface area contributed by atoms with Crippen LogP contribution in [0.5, 0.6) is 5.88 Å². The van der Waals surface area contributed by atoms with Gasteiger partial charge >= 0.3 is 0 Å². The van der Waals surface area contributed by atoms with Gasteiger partial charge in [-0.2, -0.15) is 0 Å². The van der Waals surface area contributed by atoms with E-state index in [4.69, 9.17) is 4.74 Å². The third kappa shape index (κ3) is 2.70. The lowest BCUT2D eigenvalue weighted by Gasteiger charge is -2.38.